The molecule has 0 heterocycles. The third kappa shape index (κ3) is 3.96. The molecule has 0 radical (unpaired) electrons. The van der Waals surface area contributed by atoms with Gasteiger partial charge in [-0.15, -0.1) is 0 Å². The molecule has 0 aromatic heterocycles. The summed E-state index contributed by atoms with van der Waals surface area (Å²) in [5, 5.41) is 8.91. The van der Waals surface area contributed by atoms with Gasteiger partial charge in [-0.3, -0.25) is 0 Å². The predicted octanol–water partition coefficient (Wildman–Crippen LogP) is 5.75. The van der Waals surface area contributed by atoms with Crippen molar-refractivity contribution in [2.45, 2.75) is 55.4 Å². The van der Waals surface area contributed by atoms with E-state index < -0.39 is 0 Å². The van der Waals surface area contributed by atoms with Crippen molar-refractivity contribution in [3.05, 3.63) is 62.4 Å². The third-order valence-corrected chi connectivity index (χ3v) is 4.80. The van der Waals surface area contributed by atoms with Crippen LogP contribution in [0.3, 0.4) is 0 Å². The summed E-state index contributed by atoms with van der Waals surface area (Å²) in [4.78, 5) is 0. The fourth-order valence-corrected chi connectivity index (χ4v) is 2.57. The van der Waals surface area contributed by atoms with Crippen LogP contribution in [0.25, 0.3) is 0 Å². The minimum Gasteiger partial charge on any atom is -0.515 e. The third-order valence-electron chi connectivity index (χ3n) is 4.80. The van der Waals surface area contributed by atoms with E-state index in [0.29, 0.717) is 0 Å². The van der Waals surface area contributed by atoms with Gasteiger partial charge in [-0.05, 0) is 50.0 Å². The van der Waals surface area contributed by atoms with Gasteiger partial charge in [0.1, 0.15) is 0 Å². The SMILES string of the molecule is CC1=C(C)C(C)=C(C)C1=CO.Cc1[cH-]c(C)c(C)c1C.[Fe]. The van der Waals surface area contributed by atoms with Gasteiger partial charge >= 0.3 is 0 Å². The minimum atomic E-state index is 0. The standard InChI is InChI=1S/C10H14O.C9H13.Fe/c1-6-7(2)9(4)10(5-11)8(6)3;1-6-5-7(2)9(4)8(6)3;/h5,11H,1-4H3;5H,1-4H3;/q;-1;. The van der Waals surface area contributed by atoms with Crippen molar-refractivity contribution in [2.24, 2.45) is 0 Å². The molecular weight excluding hydrogens is 300 g/mol. The molecule has 0 unspecified atom stereocenters. The quantitative estimate of drug-likeness (QED) is 0.365. The zero-order valence-electron chi connectivity index (χ0n) is 14.5. The first kappa shape index (κ1) is 19.9. The van der Waals surface area contributed by atoms with E-state index >= 15 is 0 Å². The molecule has 0 fully saturated rings. The molecular formula is C19H27FeO-. The van der Waals surface area contributed by atoms with Crippen molar-refractivity contribution in [1.29, 1.82) is 0 Å². The Kier molecular flexibility index (Phi) is 7.36. The van der Waals surface area contributed by atoms with E-state index in [4.69, 9.17) is 5.11 Å². The van der Waals surface area contributed by atoms with Crippen molar-refractivity contribution >= 4 is 0 Å². The Morgan fingerprint density at radius 2 is 1.00 bits per heavy atom. The largest absolute Gasteiger partial charge is 0.515 e. The van der Waals surface area contributed by atoms with Crippen LogP contribution in [-0.4, -0.2) is 5.11 Å². The number of hydrogen-bond donors (Lipinski definition) is 1. The summed E-state index contributed by atoms with van der Waals surface area (Å²) in [5.41, 5.74) is 11.7. The van der Waals surface area contributed by atoms with Gasteiger partial charge in [0.05, 0.1) is 6.26 Å². The molecule has 0 saturated heterocycles. The van der Waals surface area contributed by atoms with Gasteiger partial charge in [0, 0.05) is 22.6 Å². The van der Waals surface area contributed by atoms with Crippen molar-refractivity contribution < 1.29 is 22.2 Å². The van der Waals surface area contributed by atoms with Crippen LogP contribution in [0.5, 0.6) is 0 Å². The van der Waals surface area contributed by atoms with Crippen LogP contribution in [0, 0.1) is 27.7 Å². The molecule has 1 aliphatic rings. The molecule has 0 spiro atoms. The van der Waals surface area contributed by atoms with Crippen molar-refractivity contribution in [3.8, 4) is 0 Å². The number of allylic oxidation sites excluding steroid dienone is 5. The molecule has 2 heteroatoms. The molecule has 1 N–H and O–H groups in total. The summed E-state index contributed by atoms with van der Waals surface area (Å²) >= 11 is 0. The van der Waals surface area contributed by atoms with Crippen LogP contribution in [0.2, 0.25) is 0 Å². The zero-order chi connectivity index (χ0) is 15.6. The number of aliphatic hydroxyl groups is 1. The molecule has 2 rings (SSSR count). The van der Waals surface area contributed by atoms with Crippen LogP contribution in [0.1, 0.15) is 49.9 Å². The van der Waals surface area contributed by atoms with E-state index in [2.05, 4.69) is 47.6 Å². The van der Waals surface area contributed by atoms with E-state index in [-0.39, 0.29) is 17.1 Å². The Labute approximate surface area is 140 Å². The molecule has 21 heavy (non-hydrogen) atoms. The normalized spacial score (nSPS) is 14.0. The summed E-state index contributed by atoms with van der Waals surface area (Å²) in [7, 11) is 0. The van der Waals surface area contributed by atoms with Crippen LogP contribution >= 0.6 is 0 Å². The van der Waals surface area contributed by atoms with Gasteiger partial charge in [0.15, 0.2) is 0 Å². The molecule has 0 saturated carbocycles. The summed E-state index contributed by atoms with van der Waals surface area (Å²) in [6.07, 6.45) is 1.20. The summed E-state index contributed by atoms with van der Waals surface area (Å²) in [5.74, 6) is 0. The minimum absolute atomic E-state index is 0. The van der Waals surface area contributed by atoms with Crippen LogP contribution in [-0.2, 0) is 17.1 Å². The maximum absolute atomic E-state index is 8.91. The van der Waals surface area contributed by atoms with Crippen molar-refractivity contribution in [1.82, 2.24) is 0 Å². The monoisotopic (exact) mass is 327 g/mol. The van der Waals surface area contributed by atoms with Gasteiger partial charge in [0.25, 0.3) is 0 Å². The van der Waals surface area contributed by atoms with Gasteiger partial charge in [-0.1, -0.05) is 27.7 Å². The van der Waals surface area contributed by atoms with E-state index in [9.17, 15) is 0 Å². The molecule has 1 aromatic carbocycles. The number of aliphatic hydroxyl groups excluding tert-OH is 1. The van der Waals surface area contributed by atoms with Crippen molar-refractivity contribution in [2.75, 3.05) is 0 Å². The predicted molar refractivity (Wildman–Crippen MR) is 88.4 cm³/mol. The summed E-state index contributed by atoms with van der Waals surface area (Å²) in [6, 6.07) is 2.24. The first-order valence-corrected chi connectivity index (χ1v) is 7.12. The first-order chi connectivity index (χ1) is 9.22. The fraction of sp³-hybridized carbons (Fsp3) is 0.421. The van der Waals surface area contributed by atoms with Crippen molar-refractivity contribution in [3.63, 3.8) is 0 Å². The van der Waals surface area contributed by atoms with Gasteiger partial charge in [-0.25, -0.2) is 0 Å². The maximum atomic E-state index is 8.91. The molecule has 0 aliphatic heterocycles. The molecule has 1 aromatic rings. The fourth-order valence-electron chi connectivity index (χ4n) is 2.57. The number of rotatable bonds is 0. The smallest absolute Gasteiger partial charge is 0.0869 e. The molecule has 1 aliphatic carbocycles. The average Bonchev–Trinajstić information content (AvgIpc) is 2.74. The second-order valence-corrected chi connectivity index (χ2v) is 5.80. The Balaban J connectivity index is 0.000000370. The summed E-state index contributed by atoms with van der Waals surface area (Å²) < 4.78 is 0. The average molecular weight is 327 g/mol. The van der Waals surface area contributed by atoms with Gasteiger partial charge < -0.3 is 5.11 Å². The summed E-state index contributed by atoms with van der Waals surface area (Å²) in [6.45, 7) is 16.9. The second kappa shape index (κ2) is 7.77. The van der Waals surface area contributed by atoms with E-state index in [1.54, 1.807) is 0 Å². The first-order valence-electron chi connectivity index (χ1n) is 7.12. The van der Waals surface area contributed by atoms with Crippen LogP contribution < -0.4 is 0 Å². The topological polar surface area (TPSA) is 20.2 Å². The van der Waals surface area contributed by atoms with E-state index in [0.717, 1.165) is 5.57 Å². The molecule has 118 valence electrons. The molecule has 0 atom stereocenters. The second-order valence-electron chi connectivity index (χ2n) is 5.80. The molecule has 0 amide bonds. The Morgan fingerprint density at radius 1 is 0.667 bits per heavy atom. The van der Waals surface area contributed by atoms with Crippen LogP contribution in [0.4, 0.5) is 0 Å². The number of aryl methyl sites for hydroxylation is 2. The maximum Gasteiger partial charge on any atom is 0.0869 e. The number of hydrogen-bond acceptors (Lipinski definition) is 1. The zero-order valence-corrected chi connectivity index (χ0v) is 15.6. The Hall–Kier alpha value is -1.11. The Morgan fingerprint density at radius 3 is 1.14 bits per heavy atom. The van der Waals surface area contributed by atoms with Crippen LogP contribution in [0.15, 0.2) is 40.2 Å². The van der Waals surface area contributed by atoms with E-state index in [1.165, 1.54) is 50.8 Å². The Bertz CT molecular complexity index is 561. The van der Waals surface area contributed by atoms with Gasteiger partial charge in [0.2, 0.25) is 0 Å². The van der Waals surface area contributed by atoms with E-state index in [1.807, 2.05) is 13.8 Å². The molecule has 1 nitrogen and oxygen atoms in total. The molecule has 0 bridgehead atoms. The van der Waals surface area contributed by atoms with Gasteiger partial charge in [-0.2, -0.15) is 28.3 Å².